The maximum atomic E-state index is 11.1. The third-order valence-electron chi connectivity index (χ3n) is 1.98. The van der Waals surface area contributed by atoms with Crippen LogP contribution in [-0.4, -0.2) is 21.0 Å². The molecule has 5 heteroatoms. The minimum atomic E-state index is -0.936. The lowest BCUT2D eigenvalue weighted by atomic mass is 9.88. The van der Waals surface area contributed by atoms with E-state index in [2.05, 4.69) is 9.97 Å². The van der Waals surface area contributed by atoms with Crippen molar-refractivity contribution in [3.8, 4) is 0 Å². The second-order valence-corrected chi connectivity index (χ2v) is 4.41. The van der Waals surface area contributed by atoms with Gasteiger partial charge in [0.25, 0.3) is 0 Å². The summed E-state index contributed by atoms with van der Waals surface area (Å²) in [5.74, 6) is -0.936. The number of nitrogens with one attached hydrogen (secondary N) is 1. The molecule has 0 bridgehead atoms. The summed E-state index contributed by atoms with van der Waals surface area (Å²) in [7, 11) is 0. The molecule has 15 heavy (non-hydrogen) atoms. The van der Waals surface area contributed by atoms with Crippen LogP contribution in [0.4, 0.5) is 0 Å². The Labute approximate surface area is 87.2 Å². The van der Waals surface area contributed by atoms with Crippen LogP contribution < -0.4 is 5.69 Å². The van der Waals surface area contributed by atoms with E-state index in [-0.39, 0.29) is 11.8 Å². The molecule has 5 nitrogen and oxygen atoms in total. The number of H-pyrrole nitrogens is 1. The molecule has 1 heterocycles. The molecule has 0 aliphatic carbocycles. The number of aromatic nitrogens is 2. The zero-order chi connectivity index (χ0) is 11.6. The van der Waals surface area contributed by atoms with E-state index >= 15 is 0 Å². The number of hydrogen-bond donors (Lipinski definition) is 2. The molecule has 2 N–H and O–H groups in total. The first-order valence-corrected chi connectivity index (χ1v) is 4.61. The normalized spacial score (nSPS) is 11.4. The average Bonchev–Trinajstić information content (AvgIpc) is 2.05. The van der Waals surface area contributed by atoms with Crippen molar-refractivity contribution in [1.29, 1.82) is 0 Å². The van der Waals surface area contributed by atoms with E-state index in [9.17, 15) is 9.59 Å². The van der Waals surface area contributed by atoms with Crippen molar-refractivity contribution >= 4 is 5.97 Å². The van der Waals surface area contributed by atoms with Gasteiger partial charge in [-0.25, -0.2) is 9.78 Å². The summed E-state index contributed by atoms with van der Waals surface area (Å²) in [4.78, 5) is 27.8. The van der Waals surface area contributed by atoms with E-state index in [4.69, 9.17) is 5.11 Å². The Hall–Kier alpha value is -1.65. The highest BCUT2D eigenvalue weighted by Crippen LogP contribution is 2.22. The smallest absolute Gasteiger partial charge is 0.345 e. The first-order valence-electron chi connectivity index (χ1n) is 4.61. The van der Waals surface area contributed by atoms with Gasteiger partial charge in [-0.3, -0.25) is 4.79 Å². The second kappa shape index (κ2) is 3.84. The van der Waals surface area contributed by atoms with Gasteiger partial charge in [0.15, 0.2) is 0 Å². The van der Waals surface area contributed by atoms with Gasteiger partial charge >= 0.3 is 11.7 Å². The summed E-state index contributed by atoms with van der Waals surface area (Å²) in [5, 5.41) is 8.71. The van der Waals surface area contributed by atoms with Gasteiger partial charge in [0.05, 0.1) is 6.42 Å². The number of aromatic amines is 1. The number of nitrogens with zero attached hydrogens (tertiary/aromatic N) is 1. The summed E-state index contributed by atoms with van der Waals surface area (Å²) in [6, 6.07) is 0. The molecule has 1 aromatic rings. The predicted octanol–water partition coefficient (Wildman–Crippen LogP) is 0.695. The monoisotopic (exact) mass is 210 g/mol. The van der Waals surface area contributed by atoms with Crippen molar-refractivity contribution < 1.29 is 9.90 Å². The first-order chi connectivity index (χ1) is 6.80. The second-order valence-electron chi connectivity index (χ2n) is 4.41. The fraction of sp³-hybridized carbons (Fsp3) is 0.500. The Balaban J connectivity index is 3.27. The van der Waals surface area contributed by atoms with Crippen LogP contribution in [0.2, 0.25) is 0 Å². The Morgan fingerprint density at radius 1 is 1.53 bits per heavy atom. The molecule has 0 amide bonds. The number of aliphatic carboxylic acids is 1. The fourth-order valence-corrected chi connectivity index (χ4v) is 1.39. The molecule has 0 radical (unpaired) electrons. The number of hydrogen-bond acceptors (Lipinski definition) is 3. The van der Waals surface area contributed by atoms with Gasteiger partial charge in [-0.2, -0.15) is 0 Å². The van der Waals surface area contributed by atoms with Gasteiger partial charge in [-0.1, -0.05) is 20.8 Å². The van der Waals surface area contributed by atoms with Gasteiger partial charge in [0.1, 0.15) is 0 Å². The highest BCUT2D eigenvalue weighted by molar-refractivity contribution is 5.70. The van der Waals surface area contributed by atoms with E-state index in [1.807, 2.05) is 20.8 Å². The van der Waals surface area contributed by atoms with Crippen LogP contribution in [0.3, 0.4) is 0 Å². The van der Waals surface area contributed by atoms with Crippen LogP contribution in [0.25, 0.3) is 0 Å². The third kappa shape index (κ3) is 2.90. The highest BCUT2D eigenvalue weighted by atomic mass is 16.4. The fourth-order valence-electron chi connectivity index (χ4n) is 1.39. The number of carbonyl (C=O) groups is 1. The molecule has 1 aromatic heterocycles. The Kier molecular flexibility index (Phi) is 2.93. The molecule has 0 saturated carbocycles. The van der Waals surface area contributed by atoms with Gasteiger partial charge < -0.3 is 10.1 Å². The molecule has 82 valence electrons. The number of carboxylic acid groups (broad SMARTS) is 1. The first kappa shape index (κ1) is 11.4. The minimum Gasteiger partial charge on any atom is -0.481 e. The zero-order valence-corrected chi connectivity index (χ0v) is 9.00. The molecular weight excluding hydrogens is 196 g/mol. The molecule has 0 atom stereocenters. The van der Waals surface area contributed by atoms with Crippen molar-refractivity contribution in [2.75, 3.05) is 0 Å². The molecule has 0 unspecified atom stereocenters. The van der Waals surface area contributed by atoms with Crippen molar-refractivity contribution in [3.63, 3.8) is 0 Å². The number of rotatable bonds is 2. The predicted molar refractivity (Wildman–Crippen MR) is 54.9 cm³/mol. The van der Waals surface area contributed by atoms with Gasteiger partial charge in [-0.15, -0.1) is 0 Å². The third-order valence-corrected chi connectivity index (χ3v) is 1.98. The van der Waals surface area contributed by atoms with Crippen LogP contribution in [0, 0.1) is 0 Å². The highest BCUT2D eigenvalue weighted by Gasteiger charge is 2.20. The standard InChI is InChI=1S/C10H14N2O3/c1-10(2,3)8-6(4-7(13)14)5-11-9(15)12-8/h5H,4H2,1-3H3,(H,13,14)(H,11,12,15). The van der Waals surface area contributed by atoms with E-state index in [1.54, 1.807) is 0 Å². The number of carboxylic acids is 1. The van der Waals surface area contributed by atoms with Crippen LogP contribution >= 0.6 is 0 Å². The van der Waals surface area contributed by atoms with E-state index in [0.717, 1.165) is 0 Å². The zero-order valence-electron chi connectivity index (χ0n) is 9.00. The Bertz CT molecular complexity index is 429. The summed E-state index contributed by atoms with van der Waals surface area (Å²) >= 11 is 0. The van der Waals surface area contributed by atoms with Crippen LogP contribution in [0.15, 0.2) is 11.0 Å². The van der Waals surface area contributed by atoms with Crippen LogP contribution in [-0.2, 0) is 16.6 Å². The molecule has 0 saturated heterocycles. The molecule has 0 aliphatic heterocycles. The quantitative estimate of drug-likeness (QED) is 0.752. The Morgan fingerprint density at radius 3 is 2.60 bits per heavy atom. The van der Waals surface area contributed by atoms with Gasteiger partial charge in [-0.05, 0) is 0 Å². The molecule has 1 rings (SSSR count). The summed E-state index contributed by atoms with van der Waals surface area (Å²) in [6.07, 6.45) is 1.20. The minimum absolute atomic E-state index is 0.129. The summed E-state index contributed by atoms with van der Waals surface area (Å²) in [5.41, 5.74) is 0.431. The maximum absolute atomic E-state index is 11.1. The van der Waals surface area contributed by atoms with Crippen molar-refractivity contribution in [1.82, 2.24) is 9.97 Å². The van der Waals surface area contributed by atoms with Crippen molar-refractivity contribution in [2.45, 2.75) is 32.6 Å². The molecule has 0 spiro atoms. The van der Waals surface area contributed by atoms with Gasteiger partial charge in [0, 0.05) is 22.9 Å². The SMILES string of the molecule is CC(C)(C)c1[nH]c(=O)ncc1CC(=O)O. The van der Waals surface area contributed by atoms with E-state index < -0.39 is 11.7 Å². The molecule has 0 aliphatic rings. The maximum Gasteiger partial charge on any atom is 0.345 e. The largest absolute Gasteiger partial charge is 0.481 e. The molecule has 0 aromatic carbocycles. The topological polar surface area (TPSA) is 83.0 Å². The lowest BCUT2D eigenvalue weighted by molar-refractivity contribution is -0.136. The lowest BCUT2D eigenvalue weighted by Crippen LogP contribution is -2.24. The van der Waals surface area contributed by atoms with Crippen LogP contribution in [0.1, 0.15) is 32.0 Å². The Morgan fingerprint density at radius 2 is 2.13 bits per heavy atom. The van der Waals surface area contributed by atoms with Crippen LogP contribution in [0.5, 0.6) is 0 Å². The van der Waals surface area contributed by atoms with Gasteiger partial charge in [0.2, 0.25) is 0 Å². The lowest BCUT2D eigenvalue weighted by Gasteiger charge is -2.20. The van der Waals surface area contributed by atoms with Crippen molar-refractivity contribution in [3.05, 3.63) is 27.9 Å². The average molecular weight is 210 g/mol. The summed E-state index contributed by atoms with van der Waals surface area (Å²) < 4.78 is 0. The molecular formula is C10H14N2O3. The van der Waals surface area contributed by atoms with E-state index in [1.165, 1.54) is 6.20 Å². The summed E-state index contributed by atoms with van der Waals surface area (Å²) in [6.45, 7) is 5.72. The van der Waals surface area contributed by atoms with E-state index in [0.29, 0.717) is 11.3 Å². The van der Waals surface area contributed by atoms with Crippen molar-refractivity contribution in [2.24, 2.45) is 0 Å². The molecule has 0 fully saturated rings.